The number of carbonyl (C=O) groups excluding carboxylic acids is 2. The maximum absolute atomic E-state index is 11.5. The summed E-state index contributed by atoms with van der Waals surface area (Å²) in [5.74, 6) is -0.0233. The van der Waals surface area contributed by atoms with Crippen molar-refractivity contribution in [1.82, 2.24) is 10.2 Å². The van der Waals surface area contributed by atoms with Crippen molar-refractivity contribution in [2.24, 2.45) is 0 Å². The van der Waals surface area contributed by atoms with Crippen molar-refractivity contribution in [2.75, 3.05) is 13.2 Å². The van der Waals surface area contributed by atoms with Gasteiger partial charge in [-0.05, 0) is 20.8 Å². The number of hydrogen-bond donors (Lipinski definition) is 1. The summed E-state index contributed by atoms with van der Waals surface area (Å²) in [7, 11) is 0. The van der Waals surface area contributed by atoms with E-state index in [4.69, 9.17) is 4.74 Å². The quantitative estimate of drug-likeness (QED) is 0.626. The van der Waals surface area contributed by atoms with E-state index in [-0.39, 0.29) is 18.7 Å². The molecule has 0 aromatic heterocycles. The normalized spacial score (nSPS) is 17.6. The molecule has 1 aliphatic heterocycles. The van der Waals surface area contributed by atoms with E-state index in [2.05, 4.69) is 5.32 Å². The molecule has 5 heteroatoms. The number of rotatable bonds is 0. The van der Waals surface area contributed by atoms with Gasteiger partial charge in [0.25, 0.3) is 0 Å². The van der Waals surface area contributed by atoms with Crippen LogP contribution in [0.25, 0.3) is 0 Å². The van der Waals surface area contributed by atoms with Gasteiger partial charge < -0.3 is 10.1 Å². The first kappa shape index (κ1) is 10.8. The average Bonchev–Trinajstić information content (AvgIpc) is 2.02. The van der Waals surface area contributed by atoms with Crippen molar-refractivity contribution in [1.29, 1.82) is 0 Å². The lowest BCUT2D eigenvalue weighted by molar-refractivity contribution is -0.123. The SMILES string of the molecule is CC(C)(C)OC(=O)N1CCC(=O)NC1. The first-order valence-electron chi connectivity index (χ1n) is 4.63. The zero-order chi connectivity index (χ0) is 10.8. The Labute approximate surface area is 83.4 Å². The summed E-state index contributed by atoms with van der Waals surface area (Å²) in [5.41, 5.74) is -0.488. The van der Waals surface area contributed by atoms with Crippen LogP contribution in [0.2, 0.25) is 0 Å². The topological polar surface area (TPSA) is 58.6 Å². The molecule has 0 aliphatic carbocycles. The highest BCUT2D eigenvalue weighted by molar-refractivity contribution is 5.79. The van der Waals surface area contributed by atoms with Crippen molar-refractivity contribution in [3.05, 3.63) is 0 Å². The van der Waals surface area contributed by atoms with Gasteiger partial charge in [-0.2, -0.15) is 0 Å². The highest BCUT2D eigenvalue weighted by atomic mass is 16.6. The Morgan fingerprint density at radius 2 is 2.14 bits per heavy atom. The van der Waals surface area contributed by atoms with E-state index in [9.17, 15) is 9.59 Å². The number of ether oxygens (including phenoxy) is 1. The standard InChI is InChI=1S/C9H16N2O3/c1-9(2,3)14-8(13)11-5-4-7(12)10-6-11/h4-6H2,1-3H3,(H,10,12). The third-order valence-electron chi connectivity index (χ3n) is 1.73. The molecule has 1 rings (SSSR count). The summed E-state index contributed by atoms with van der Waals surface area (Å²) in [6, 6.07) is 0. The van der Waals surface area contributed by atoms with E-state index < -0.39 is 5.60 Å². The molecule has 1 saturated heterocycles. The first-order chi connectivity index (χ1) is 6.38. The summed E-state index contributed by atoms with van der Waals surface area (Å²) in [6.07, 6.45) is -0.0308. The van der Waals surface area contributed by atoms with Gasteiger partial charge in [-0.15, -0.1) is 0 Å². The third-order valence-corrected chi connectivity index (χ3v) is 1.73. The molecular weight excluding hydrogens is 184 g/mol. The smallest absolute Gasteiger partial charge is 0.411 e. The van der Waals surface area contributed by atoms with Crippen LogP contribution in [-0.2, 0) is 9.53 Å². The van der Waals surface area contributed by atoms with Crippen LogP contribution in [-0.4, -0.2) is 35.7 Å². The molecule has 1 aliphatic rings. The van der Waals surface area contributed by atoms with Gasteiger partial charge in [0.15, 0.2) is 0 Å². The van der Waals surface area contributed by atoms with E-state index in [1.54, 1.807) is 0 Å². The molecule has 0 spiro atoms. The maximum Gasteiger partial charge on any atom is 0.411 e. The maximum atomic E-state index is 11.5. The Bertz CT molecular complexity index is 235. The zero-order valence-electron chi connectivity index (χ0n) is 8.79. The second-order valence-corrected chi connectivity index (χ2v) is 4.25. The van der Waals surface area contributed by atoms with Gasteiger partial charge in [0.2, 0.25) is 5.91 Å². The Morgan fingerprint density at radius 1 is 1.50 bits per heavy atom. The number of nitrogens with zero attached hydrogens (tertiary/aromatic N) is 1. The van der Waals surface area contributed by atoms with Gasteiger partial charge in [-0.3, -0.25) is 9.69 Å². The van der Waals surface area contributed by atoms with Gasteiger partial charge in [0.05, 0.1) is 6.67 Å². The van der Waals surface area contributed by atoms with Crippen LogP contribution in [0.15, 0.2) is 0 Å². The molecule has 0 aromatic carbocycles. The second-order valence-electron chi connectivity index (χ2n) is 4.25. The van der Waals surface area contributed by atoms with Crippen molar-refractivity contribution >= 4 is 12.0 Å². The molecule has 1 fully saturated rings. The number of nitrogens with one attached hydrogen (secondary N) is 1. The average molecular weight is 200 g/mol. The van der Waals surface area contributed by atoms with Gasteiger partial charge in [0.1, 0.15) is 5.60 Å². The monoisotopic (exact) mass is 200 g/mol. The molecule has 0 saturated carbocycles. The lowest BCUT2D eigenvalue weighted by Gasteiger charge is -2.29. The second kappa shape index (κ2) is 3.86. The lowest BCUT2D eigenvalue weighted by atomic mass is 10.2. The predicted molar refractivity (Wildman–Crippen MR) is 50.6 cm³/mol. The summed E-state index contributed by atoms with van der Waals surface area (Å²) in [6.45, 7) is 6.11. The minimum absolute atomic E-state index is 0.0233. The third kappa shape index (κ3) is 3.24. The molecule has 80 valence electrons. The number of amides is 2. The number of carbonyl (C=O) groups is 2. The molecule has 5 nitrogen and oxygen atoms in total. The molecule has 14 heavy (non-hydrogen) atoms. The fourth-order valence-corrected chi connectivity index (χ4v) is 1.07. The van der Waals surface area contributed by atoms with Gasteiger partial charge >= 0.3 is 6.09 Å². The number of hydrogen-bond acceptors (Lipinski definition) is 3. The molecule has 0 bridgehead atoms. The van der Waals surface area contributed by atoms with Crippen LogP contribution < -0.4 is 5.32 Å². The summed E-state index contributed by atoms with van der Waals surface area (Å²) in [4.78, 5) is 23.8. The van der Waals surface area contributed by atoms with Crippen LogP contribution >= 0.6 is 0 Å². The molecule has 1 heterocycles. The van der Waals surface area contributed by atoms with Gasteiger partial charge in [0, 0.05) is 13.0 Å². The van der Waals surface area contributed by atoms with Gasteiger partial charge in [-0.25, -0.2) is 4.79 Å². The molecule has 0 aromatic rings. The minimum atomic E-state index is -0.488. The molecule has 1 N–H and O–H groups in total. The van der Waals surface area contributed by atoms with E-state index in [1.165, 1.54) is 4.90 Å². The summed E-state index contributed by atoms with van der Waals surface area (Å²) in [5, 5.41) is 2.58. The lowest BCUT2D eigenvalue weighted by Crippen LogP contribution is -2.49. The van der Waals surface area contributed by atoms with Crippen LogP contribution in [0.3, 0.4) is 0 Å². The Balaban J connectivity index is 2.42. The van der Waals surface area contributed by atoms with Crippen LogP contribution in [0.5, 0.6) is 0 Å². The summed E-state index contributed by atoms with van der Waals surface area (Å²) >= 11 is 0. The Hall–Kier alpha value is -1.26. The van der Waals surface area contributed by atoms with Crippen LogP contribution in [0.1, 0.15) is 27.2 Å². The Morgan fingerprint density at radius 3 is 2.57 bits per heavy atom. The molecular formula is C9H16N2O3. The van der Waals surface area contributed by atoms with E-state index in [1.807, 2.05) is 20.8 Å². The van der Waals surface area contributed by atoms with Crippen molar-refractivity contribution in [3.8, 4) is 0 Å². The molecule has 0 radical (unpaired) electrons. The van der Waals surface area contributed by atoms with E-state index in [0.29, 0.717) is 13.0 Å². The van der Waals surface area contributed by atoms with Crippen LogP contribution in [0, 0.1) is 0 Å². The first-order valence-corrected chi connectivity index (χ1v) is 4.63. The Kier molecular flexibility index (Phi) is 2.98. The van der Waals surface area contributed by atoms with Crippen molar-refractivity contribution < 1.29 is 14.3 Å². The molecule has 0 atom stereocenters. The highest BCUT2D eigenvalue weighted by Crippen LogP contribution is 2.10. The van der Waals surface area contributed by atoms with Crippen LogP contribution in [0.4, 0.5) is 4.79 Å². The van der Waals surface area contributed by atoms with Gasteiger partial charge in [-0.1, -0.05) is 0 Å². The zero-order valence-corrected chi connectivity index (χ0v) is 8.79. The highest BCUT2D eigenvalue weighted by Gasteiger charge is 2.25. The fourth-order valence-electron chi connectivity index (χ4n) is 1.07. The largest absolute Gasteiger partial charge is 0.444 e. The molecule has 2 amide bonds. The van der Waals surface area contributed by atoms with Crippen molar-refractivity contribution in [3.63, 3.8) is 0 Å². The summed E-state index contributed by atoms with van der Waals surface area (Å²) < 4.78 is 5.15. The van der Waals surface area contributed by atoms with E-state index in [0.717, 1.165) is 0 Å². The minimum Gasteiger partial charge on any atom is -0.444 e. The van der Waals surface area contributed by atoms with E-state index >= 15 is 0 Å². The fraction of sp³-hybridized carbons (Fsp3) is 0.778. The van der Waals surface area contributed by atoms with Crippen molar-refractivity contribution in [2.45, 2.75) is 32.8 Å². The molecule has 0 unspecified atom stereocenters. The predicted octanol–water partition coefficient (Wildman–Crippen LogP) is 0.701.